The van der Waals surface area contributed by atoms with Gasteiger partial charge in [0.15, 0.2) is 9.84 Å². The molecule has 1 aromatic heterocycles. The molecular formula is C9H12N2O3S. The largest absolute Gasteiger partial charge is 0.463 e. The van der Waals surface area contributed by atoms with Crippen LogP contribution < -0.4 is 5.43 Å². The Hall–Kier alpha value is -1.30. The van der Waals surface area contributed by atoms with Crippen LogP contribution in [-0.2, 0) is 9.84 Å². The SMILES string of the molecule is O=S1(=O)CC[C@H](N/N=C\c2ccco2)C1. The molecule has 1 N–H and O–H groups in total. The summed E-state index contributed by atoms with van der Waals surface area (Å²) < 4.78 is 27.3. The van der Waals surface area contributed by atoms with Crippen molar-refractivity contribution < 1.29 is 12.8 Å². The maximum Gasteiger partial charge on any atom is 0.152 e. The van der Waals surface area contributed by atoms with Gasteiger partial charge in [-0.3, -0.25) is 0 Å². The smallest absolute Gasteiger partial charge is 0.152 e. The third-order valence-corrected chi connectivity index (χ3v) is 3.99. The van der Waals surface area contributed by atoms with Crippen molar-refractivity contribution in [3.63, 3.8) is 0 Å². The van der Waals surface area contributed by atoms with Crippen LogP contribution in [0.5, 0.6) is 0 Å². The van der Waals surface area contributed by atoms with E-state index < -0.39 is 9.84 Å². The highest BCUT2D eigenvalue weighted by Gasteiger charge is 2.27. The summed E-state index contributed by atoms with van der Waals surface area (Å²) >= 11 is 0. The van der Waals surface area contributed by atoms with Crippen LogP contribution in [0.1, 0.15) is 12.2 Å². The topological polar surface area (TPSA) is 71.7 Å². The summed E-state index contributed by atoms with van der Waals surface area (Å²) in [7, 11) is -2.84. The Kier molecular flexibility index (Phi) is 2.77. The van der Waals surface area contributed by atoms with Crippen molar-refractivity contribution in [3.8, 4) is 0 Å². The molecule has 0 amide bonds. The summed E-state index contributed by atoms with van der Waals surface area (Å²) in [5, 5.41) is 3.93. The fourth-order valence-corrected chi connectivity index (χ4v) is 3.13. The number of rotatable bonds is 3. The highest BCUT2D eigenvalue weighted by atomic mass is 32.2. The van der Waals surface area contributed by atoms with E-state index in [2.05, 4.69) is 10.5 Å². The van der Waals surface area contributed by atoms with E-state index in [-0.39, 0.29) is 17.5 Å². The van der Waals surface area contributed by atoms with Crippen molar-refractivity contribution in [1.82, 2.24) is 5.43 Å². The van der Waals surface area contributed by atoms with Crippen molar-refractivity contribution >= 4 is 16.1 Å². The van der Waals surface area contributed by atoms with Crippen molar-refractivity contribution in [2.75, 3.05) is 11.5 Å². The van der Waals surface area contributed by atoms with Crippen molar-refractivity contribution in [2.45, 2.75) is 12.5 Å². The molecule has 82 valence electrons. The first-order valence-corrected chi connectivity index (χ1v) is 6.50. The quantitative estimate of drug-likeness (QED) is 0.600. The van der Waals surface area contributed by atoms with Crippen molar-refractivity contribution in [1.29, 1.82) is 0 Å². The van der Waals surface area contributed by atoms with Crippen LogP contribution in [0.2, 0.25) is 0 Å². The molecule has 0 aliphatic carbocycles. The van der Waals surface area contributed by atoms with Gasteiger partial charge < -0.3 is 9.84 Å². The second-order valence-corrected chi connectivity index (χ2v) is 5.73. The van der Waals surface area contributed by atoms with Gasteiger partial charge >= 0.3 is 0 Å². The summed E-state index contributed by atoms with van der Waals surface area (Å²) in [6, 6.07) is 3.47. The molecule has 5 nitrogen and oxygen atoms in total. The lowest BCUT2D eigenvalue weighted by atomic mass is 10.3. The first kappa shape index (κ1) is 10.2. The first-order valence-electron chi connectivity index (χ1n) is 4.68. The number of furan rings is 1. The molecule has 0 spiro atoms. The van der Waals surface area contributed by atoms with E-state index in [0.29, 0.717) is 12.2 Å². The maximum atomic E-state index is 11.1. The van der Waals surface area contributed by atoms with Crippen LogP contribution in [0.3, 0.4) is 0 Å². The lowest BCUT2D eigenvalue weighted by Crippen LogP contribution is -2.25. The Morgan fingerprint density at radius 1 is 1.60 bits per heavy atom. The average Bonchev–Trinajstić information content (AvgIpc) is 2.76. The molecule has 0 unspecified atom stereocenters. The van der Waals surface area contributed by atoms with E-state index >= 15 is 0 Å². The second-order valence-electron chi connectivity index (χ2n) is 3.50. The molecule has 1 aromatic rings. The van der Waals surface area contributed by atoms with E-state index in [1.807, 2.05) is 0 Å². The Morgan fingerprint density at radius 2 is 2.47 bits per heavy atom. The van der Waals surface area contributed by atoms with E-state index in [1.54, 1.807) is 18.4 Å². The molecule has 0 radical (unpaired) electrons. The minimum atomic E-state index is -2.84. The fourth-order valence-electron chi connectivity index (χ4n) is 1.47. The van der Waals surface area contributed by atoms with Gasteiger partial charge in [0.05, 0.1) is 30.0 Å². The van der Waals surface area contributed by atoms with E-state index in [1.165, 1.54) is 6.21 Å². The molecule has 1 aliphatic rings. The van der Waals surface area contributed by atoms with E-state index in [9.17, 15) is 8.42 Å². The second kappa shape index (κ2) is 4.06. The van der Waals surface area contributed by atoms with Crippen LogP contribution in [0.25, 0.3) is 0 Å². The molecule has 1 aliphatic heterocycles. The van der Waals surface area contributed by atoms with Crippen LogP contribution >= 0.6 is 0 Å². The zero-order valence-corrected chi connectivity index (χ0v) is 8.90. The Labute approximate surface area is 88.1 Å². The van der Waals surface area contributed by atoms with Gasteiger partial charge in [0.2, 0.25) is 0 Å². The van der Waals surface area contributed by atoms with Gasteiger partial charge in [-0.25, -0.2) is 8.42 Å². The van der Waals surface area contributed by atoms with Gasteiger partial charge in [-0.15, -0.1) is 0 Å². The van der Waals surface area contributed by atoms with Crippen LogP contribution in [0.4, 0.5) is 0 Å². The Morgan fingerprint density at radius 3 is 3.07 bits per heavy atom. The lowest BCUT2D eigenvalue weighted by molar-refractivity contribution is 0.553. The molecule has 1 saturated heterocycles. The number of hydrazone groups is 1. The predicted molar refractivity (Wildman–Crippen MR) is 56.5 cm³/mol. The first-order chi connectivity index (χ1) is 7.16. The van der Waals surface area contributed by atoms with Gasteiger partial charge in [-0.05, 0) is 18.6 Å². The Balaban J connectivity index is 1.85. The number of nitrogens with zero attached hydrogens (tertiary/aromatic N) is 1. The molecule has 2 rings (SSSR count). The van der Waals surface area contributed by atoms with Gasteiger partial charge in [0.25, 0.3) is 0 Å². The zero-order chi connectivity index (χ0) is 10.7. The van der Waals surface area contributed by atoms with Crippen molar-refractivity contribution in [2.24, 2.45) is 5.10 Å². The summed E-state index contributed by atoms with van der Waals surface area (Å²) in [6.45, 7) is 0. The summed E-state index contributed by atoms with van der Waals surface area (Å²) in [6.07, 6.45) is 3.71. The fraction of sp³-hybridized carbons (Fsp3) is 0.444. The molecule has 6 heteroatoms. The summed E-state index contributed by atoms with van der Waals surface area (Å²) in [5.41, 5.74) is 2.81. The average molecular weight is 228 g/mol. The third kappa shape index (κ3) is 2.82. The normalized spacial score (nSPS) is 24.7. The Bertz CT molecular complexity index is 436. The maximum absolute atomic E-state index is 11.1. The minimum Gasteiger partial charge on any atom is -0.463 e. The molecule has 1 fully saturated rings. The summed E-state index contributed by atoms with van der Waals surface area (Å²) in [4.78, 5) is 0. The van der Waals surface area contributed by atoms with Crippen LogP contribution in [-0.4, -0.2) is 32.2 Å². The van der Waals surface area contributed by atoms with Crippen LogP contribution in [0.15, 0.2) is 27.9 Å². The van der Waals surface area contributed by atoms with Crippen molar-refractivity contribution in [3.05, 3.63) is 24.2 Å². The third-order valence-electron chi connectivity index (χ3n) is 2.22. The standard InChI is InChI=1S/C9H12N2O3S/c12-15(13)5-3-8(7-15)11-10-6-9-2-1-4-14-9/h1-2,4,6,8,11H,3,5,7H2/b10-6-/t8-/m0/s1. The molecule has 0 saturated carbocycles. The lowest BCUT2D eigenvalue weighted by Gasteiger charge is -2.04. The molecular weight excluding hydrogens is 216 g/mol. The molecule has 0 bridgehead atoms. The minimum absolute atomic E-state index is 0.0683. The van der Waals surface area contributed by atoms with Gasteiger partial charge in [-0.2, -0.15) is 5.10 Å². The number of hydrogen-bond donors (Lipinski definition) is 1. The predicted octanol–water partition coefficient (Wildman–Crippen LogP) is 0.390. The molecule has 15 heavy (non-hydrogen) atoms. The number of hydrogen-bond acceptors (Lipinski definition) is 5. The number of nitrogens with one attached hydrogen (secondary N) is 1. The monoisotopic (exact) mass is 228 g/mol. The highest BCUT2D eigenvalue weighted by Crippen LogP contribution is 2.10. The summed E-state index contributed by atoms with van der Waals surface area (Å²) in [5.74, 6) is 1.06. The molecule has 1 atom stereocenters. The number of sulfone groups is 1. The zero-order valence-electron chi connectivity index (χ0n) is 8.09. The van der Waals surface area contributed by atoms with E-state index in [4.69, 9.17) is 4.42 Å². The van der Waals surface area contributed by atoms with Gasteiger partial charge in [0, 0.05) is 0 Å². The molecule has 0 aromatic carbocycles. The highest BCUT2D eigenvalue weighted by molar-refractivity contribution is 7.91. The van der Waals surface area contributed by atoms with E-state index in [0.717, 1.165) is 0 Å². The van der Waals surface area contributed by atoms with Gasteiger partial charge in [-0.1, -0.05) is 0 Å². The molecule has 2 heterocycles. The van der Waals surface area contributed by atoms with Gasteiger partial charge in [0.1, 0.15) is 5.76 Å². The van der Waals surface area contributed by atoms with Crippen LogP contribution in [0, 0.1) is 0 Å².